The van der Waals surface area contributed by atoms with Gasteiger partial charge in [-0.05, 0) is 12.8 Å². The molecule has 2 fully saturated rings. The minimum atomic E-state index is -0.00831. The highest BCUT2D eigenvalue weighted by molar-refractivity contribution is 5.93. The van der Waals surface area contributed by atoms with Crippen molar-refractivity contribution in [3.8, 4) is 0 Å². The maximum Gasteiger partial charge on any atom is 0.248 e. The molecule has 1 unspecified atom stereocenters. The van der Waals surface area contributed by atoms with Gasteiger partial charge in [0.1, 0.15) is 0 Å². The van der Waals surface area contributed by atoms with E-state index in [0.29, 0.717) is 24.1 Å². The zero-order valence-electron chi connectivity index (χ0n) is 13.6. The van der Waals surface area contributed by atoms with Crippen molar-refractivity contribution in [2.24, 2.45) is 5.92 Å². The van der Waals surface area contributed by atoms with Crippen molar-refractivity contribution >= 4 is 5.91 Å². The Labute approximate surface area is 128 Å². The number of amides is 1. The summed E-state index contributed by atoms with van der Waals surface area (Å²) in [4.78, 5) is 16.9. The highest BCUT2D eigenvalue weighted by Gasteiger charge is 2.31. The maximum absolute atomic E-state index is 12.1. The molecule has 2 aliphatic heterocycles. The lowest BCUT2D eigenvalue weighted by atomic mass is 10.1. The minimum Gasteiger partial charge on any atom is -0.378 e. The summed E-state index contributed by atoms with van der Waals surface area (Å²) in [5.41, 5.74) is 0.677. The zero-order valence-corrected chi connectivity index (χ0v) is 13.6. The van der Waals surface area contributed by atoms with Crippen LogP contribution < -0.4 is 5.32 Å². The number of hydrogen-bond acceptors (Lipinski definition) is 4. The molecule has 0 bridgehead atoms. The van der Waals surface area contributed by atoms with Crippen molar-refractivity contribution in [2.45, 2.75) is 32.9 Å². The summed E-state index contributed by atoms with van der Waals surface area (Å²) in [7, 11) is 0. The maximum atomic E-state index is 12.1. The van der Waals surface area contributed by atoms with Crippen molar-refractivity contribution in [1.82, 2.24) is 15.1 Å². The first-order chi connectivity index (χ1) is 9.99. The number of piperazine rings is 1. The van der Waals surface area contributed by atoms with Gasteiger partial charge in [0, 0.05) is 44.3 Å². The molecular formula is C16H29N3O2. The summed E-state index contributed by atoms with van der Waals surface area (Å²) in [5.74, 6) is 0.455. The van der Waals surface area contributed by atoms with Crippen molar-refractivity contribution in [3.63, 3.8) is 0 Å². The van der Waals surface area contributed by atoms with Crippen LogP contribution in [-0.4, -0.2) is 73.7 Å². The number of nitrogens with one attached hydrogen (secondary N) is 1. The second kappa shape index (κ2) is 7.38. The van der Waals surface area contributed by atoms with E-state index >= 15 is 0 Å². The molecule has 2 saturated heterocycles. The zero-order chi connectivity index (χ0) is 15.4. The molecule has 0 aromatic rings. The first-order valence-corrected chi connectivity index (χ1v) is 8.02. The fraction of sp³-hybridized carbons (Fsp3) is 0.812. The predicted molar refractivity (Wildman–Crippen MR) is 84.2 cm³/mol. The summed E-state index contributed by atoms with van der Waals surface area (Å²) in [5, 5.41) is 2.96. The molecule has 5 heteroatoms. The monoisotopic (exact) mass is 295 g/mol. The van der Waals surface area contributed by atoms with Crippen molar-refractivity contribution in [1.29, 1.82) is 0 Å². The third-order valence-corrected chi connectivity index (χ3v) is 4.50. The average molecular weight is 295 g/mol. The van der Waals surface area contributed by atoms with Gasteiger partial charge >= 0.3 is 0 Å². The third-order valence-electron chi connectivity index (χ3n) is 4.50. The second-order valence-electron chi connectivity index (χ2n) is 6.57. The molecule has 0 spiro atoms. The van der Waals surface area contributed by atoms with E-state index < -0.39 is 0 Å². The van der Waals surface area contributed by atoms with Gasteiger partial charge in [-0.2, -0.15) is 0 Å². The van der Waals surface area contributed by atoms with Crippen LogP contribution in [0.15, 0.2) is 12.2 Å². The lowest BCUT2D eigenvalue weighted by molar-refractivity contribution is -0.118. The van der Waals surface area contributed by atoms with Crippen LogP contribution in [-0.2, 0) is 9.53 Å². The van der Waals surface area contributed by atoms with Gasteiger partial charge in [-0.1, -0.05) is 20.4 Å². The van der Waals surface area contributed by atoms with Gasteiger partial charge in [-0.25, -0.2) is 0 Å². The van der Waals surface area contributed by atoms with Gasteiger partial charge in [-0.3, -0.25) is 14.6 Å². The Bertz CT molecular complexity index is 372. The number of nitrogens with zero attached hydrogens (tertiary/aromatic N) is 2. The Morgan fingerprint density at radius 2 is 1.86 bits per heavy atom. The molecule has 0 aromatic heterocycles. The van der Waals surface area contributed by atoms with Crippen molar-refractivity contribution in [3.05, 3.63) is 12.2 Å². The third kappa shape index (κ3) is 4.28. The Kier molecular flexibility index (Phi) is 5.79. The summed E-state index contributed by atoms with van der Waals surface area (Å²) >= 11 is 0. The van der Waals surface area contributed by atoms with Crippen LogP contribution in [0.5, 0.6) is 0 Å². The first kappa shape index (κ1) is 16.5. The van der Waals surface area contributed by atoms with Gasteiger partial charge in [-0.15, -0.1) is 0 Å². The normalized spacial score (nSPS) is 22.9. The molecule has 1 amide bonds. The Morgan fingerprint density at radius 1 is 1.24 bits per heavy atom. The van der Waals surface area contributed by atoms with Crippen LogP contribution in [0.4, 0.5) is 0 Å². The van der Waals surface area contributed by atoms with Gasteiger partial charge < -0.3 is 10.1 Å². The van der Waals surface area contributed by atoms with E-state index in [2.05, 4.69) is 42.5 Å². The molecule has 0 radical (unpaired) electrons. The van der Waals surface area contributed by atoms with Crippen LogP contribution in [0, 0.1) is 5.92 Å². The van der Waals surface area contributed by atoms with Gasteiger partial charge in [0.2, 0.25) is 5.91 Å². The molecule has 1 atom stereocenters. The fourth-order valence-corrected chi connectivity index (χ4v) is 2.74. The lowest BCUT2D eigenvalue weighted by Gasteiger charge is -2.44. The number of carbonyl (C=O) groups excluding carboxylic acids is 1. The molecule has 5 nitrogen and oxygen atoms in total. The van der Waals surface area contributed by atoms with E-state index in [0.717, 1.165) is 39.4 Å². The second-order valence-corrected chi connectivity index (χ2v) is 6.57. The van der Waals surface area contributed by atoms with Crippen LogP contribution >= 0.6 is 0 Å². The molecule has 120 valence electrons. The topological polar surface area (TPSA) is 44.8 Å². The quantitative estimate of drug-likeness (QED) is 0.734. The molecular weight excluding hydrogens is 266 g/mol. The van der Waals surface area contributed by atoms with E-state index in [1.807, 2.05) is 0 Å². The SMILES string of the molecule is C=C(C(=O)NCC(C)C)C(C)N1CCN(C2COC2)CC1. The van der Waals surface area contributed by atoms with Crippen molar-refractivity contribution < 1.29 is 9.53 Å². The highest BCUT2D eigenvalue weighted by Crippen LogP contribution is 2.17. The van der Waals surface area contributed by atoms with Crippen molar-refractivity contribution in [2.75, 3.05) is 45.9 Å². The van der Waals surface area contributed by atoms with E-state index in [4.69, 9.17) is 4.74 Å². The molecule has 2 aliphatic rings. The van der Waals surface area contributed by atoms with E-state index in [9.17, 15) is 4.79 Å². The minimum absolute atomic E-state index is 0.00831. The molecule has 2 rings (SSSR count). The highest BCUT2D eigenvalue weighted by atomic mass is 16.5. The summed E-state index contributed by atoms with van der Waals surface area (Å²) in [6, 6.07) is 0.719. The molecule has 0 aromatic carbocycles. The average Bonchev–Trinajstić information content (AvgIpc) is 2.42. The summed E-state index contributed by atoms with van der Waals surface area (Å²) in [6.07, 6.45) is 0. The van der Waals surface area contributed by atoms with E-state index in [-0.39, 0.29) is 11.9 Å². The largest absolute Gasteiger partial charge is 0.378 e. The number of ether oxygens (including phenoxy) is 1. The Morgan fingerprint density at radius 3 is 2.33 bits per heavy atom. The smallest absolute Gasteiger partial charge is 0.248 e. The van der Waals surface area contributed by atoms with Gasteiger partial charge in [0.25, 0.3) is 0 Å². The summed E-state index contributed by atoms with van der Waals surface area (Å²) < 4.78 is 5.26. The van der Waals surface area contributed by atoms with Crippen LogP contribution in [0.3, 0.4) is 0 Å². The predicted octanol–water partition coefficient (Wildman–Crippen LogP) is 0.720. The van der Waals surface area contributed by atoms with Crippen LogP contribution in [0.1, 0.15) is 20.8 Å². The van der Waals surface area contributed by atoms with Gasteiger partial charge in [0.15, 0.2) is 0 Å². The molecule has 2 heterocycles. The van der Waals surface area contributed by atoms with Crippen LogP contribution in [0.2, 0.25) is 0 Å². The fourth-order valence-electron chi connectivity index (χ4n) is 2.74. The lowest BCUT2D eigenvalue weighted by Crippen LogP contribution is -2.58. The van der Waals surface area contributed by atoms with Crippen LogP contribution in [0.25, 0.3) is 0 Å². The van der Waals surface area contributed by atoms with E-state index in [1.165, 1.54) is 0 Å². The number of rotatable bonds is 6. The standard InChI is InChI=1S/C16H29N3O2/c1-12(2)9-17-16(20)13(3)14(4)18-5-7-19(8-6-18)15-10-21-11-15/h12,14-15H,3,5-11H2,1-2,4H3,(H,17,20). The number of carbonyl (C=O) groups is 1. The Hall–Kier alpha value is -0.910. The molecule has 0 aliphatic carbocycles. The summed E-state index contributed by atoms with van der Waals surface area (Å²) in [6.45, 7) is 16.8. The molecule has 1 N–H and O–H groups in total. The first-order valence-electron chi connectivity index (χ1n) is 8.02. The van der Waals surface area contributed by atoms with Gasteiger partial charge in [0.05, 0.1) is 19.3 Å². The Balaban J connectivity index is 1.76. The molecule has 21 heavy (non-hydrogen) atoms. The molecule has 0 saturated carbocycles. The number of hydrogen-bond donors (Lipinski definition) is 1. The van der Waals surface area contributed by atoms with E-state index in [1.54, 1.807) is 0 Å².